The molecule has 0 amide bonds. The van der Waals surface area contributed by atoms with Crippen molar-refractivity contribution in [1.29, 1.82) is 0 Å². The van der Waals surface area contributed by atoms with E-state index in [4.69, 9.17) is 4.42 Å². The molecule has 0 aliphatic rings. The van der Waals surface area contributed by atoms with Crippen molar-refractivity contribution in [2.75, 3.05) is 0 Å². The van der Waals surface area contributed by atoms with E-state index in [0.717, 1.165) is 0 Å². The van der Waals surface area contributed by atoms with Crippen LogP contribution in [0.15, 0.2) is 51.4 Å². The van der Waals surface area contributed by atoms with Gasteiger partial charge in [-0.05, 0) is 40.2 Å². The van der Waals surface area contributed by atoms with Crippen molar-refractivity contribution in [1.82, 2.24) is 10.2 Å². The highest BCUT2D eigenvalue weighted by molar-refractivity contribution is 9.10. The molecule has 3 aromatic rings. The van der Waals surface area contributed by atoms with Crippen LogP contribution < -0.4 is 0 Å². The third-order valence-corrected chi connectivity index (χ3v) is 3.63. The molecular formula is C14H8BrN3O4. The number of phenolic OH excluding ortho intramolecular Hbond substituents is 1. The summed E-state index contributed by atoms with van der Waals surface area (Å²) in [5, 5.41) is 28.3. The molecule has 0 unspecified atom stereocenters. The molecule has 1 heterocycles. The van der Waals surface area contributed by atoms with E-state index < -0.39 is 4.92 Å². The van der Waals surface area contributed by atoms with Crippen molar-refractivity contribution in [2.45, 2.75) is 0 Å². The Morgan fingerprint density at radius 3 is 2.50 bits per heavy atom. The van der Waals surface area contributed by atoms with Crippen LogP contribution in [0.4, 0.5) is 5.69 Å². The number of nitro benzene ring substituents is 1. The van der Waals surface area contributed by atoms with Gasteiger partial charge in [0.1, 0.15) is 11.3 Å². The summed E-state index contributed by atoms with van der Waals surface area (Å²) in [6.07, 6.45) is 0. The minimum absolute atomic E-state index is 0.0394. The highest BCUT2D eigenvalue weighted by Crippen LogP contribution is 2.34. The fourth-order valence-electron chi connectivity index (χ4n) is 1.93. The van der Waals surface area contributed by atoms with Crippen molar-refractivity contribution >= 4 is 21.6 Å². The fourth-order valence-corrected chi connectivity index (χ4v) is 2.35. The molecule has 22 heavy (non-hydrogen) atoms. The first kappa shape index (κ1) is 14.2. The Bertz CT molecular complexity index is 863. The highest BCUT2D eigenvalue weighted by Gasteiger charge is 2.20. The number of aromatic hydroxyl groups is 1. The smallest absolute Gasteiger partial charge is 0.282 e. The van der Waals surface area contributed by atoms with E-state index in [0.29, 0.717) is 10.0 Å². The molecule has 0 aliphatic carbocycles. The molecule has 2 aromatic carbocycles. The summed E-state index contributed by atoms with van der Waals surface area (Å²) in [4.78, 5) is 10.5. The normalized spacial score (nSPS) is 10.6. The topological polar surface area (TPSA) is 102 Å². The van der Waals surface area contributed by atoms with Crippen LogP contribution >= 0.6 is 15.9 Å². The van der Waals surface area contributed by atoms with Crippen molar-refractivity contribution < 1.29 is 14.4 Å². The minimum atomic E-state index is -0.510. The Kier molecular flexibility index (Phi) is 3.60. The van der Waals surface area contributed by atoms with Gasteiger partial charge < -0.3 is 9.52 Å². The molecule has 7 nitrogen and oxygen atoms in total. The Morgan fingerprint density at radius 1 is 1.09 bits per heavy atom. The van der Waals surface area contributed by atoms with Gasteiger partial charge in [0.05, 0.1) is 10.5 Å². The zero-order valence-electron chi connectivity index (χ0n) is 10.9. The standard InChI is InChI=1S/C14H8BrN3O4/c15-11-6-5-8(19)7-10(11)14-17-16-13(22-14)9-3-1-2-4-12(9)18(20)21/h1-7,19H. The number of hydrogen-bond acceptors (Lipinski definition) is 6. The van der Waals surface area contributed by atoms with Crippen LogP contribution in [0.2, 0.25) is 0 Å². The molecular weight excluding hydrogens is 354 g/mol. The highest BCUT2D eigenvalue weighted by atomic mass is 79.9. The van der Waals surface area contributed by atoms with Crippen LogP contribution in [0.1, 0.15) is 0 Å². The molecule has 1 N–H and O–H groups in total. The molecule has 0 aliphatic heterocycles. The molecule has 0 radical (unpaired) electrons. The average molecular weight is 362 g/mol. The van der Waals surface area contributed by atoms with Gasteiger partial charge in [0.25, 0.3) is 11.6 Å². The van der Waals surface area contributed by atoms with Gasteiger partial charge in [-0.25, -0.2) is 0 Å². The summed E-state index contributed by atoms with van der Waals surface area (Å²) >= 11 is 3.32. The lowest BCUT2D eigenvalue weighted by atomic mass is 10.2. The first-order chi connectivity index (χ1) is 10.6. The van der Waals surface area contributed by atoms with E-state index in [2.05, 4.69) is 26.1 Å². The van der Waals surface area contributed by atoms with Gasteiger partial charge in [-0.3, -0.25) is 10.1 Å². The van der Waals surface area contributed by atoms with E-state index in [1.165, 1.54) is 24.3 Å². The second-order valence-corrected chi connectivity index (χ2v) is 5.21. The van der Waals surface area contributed by atoms with Crippen LogP contribution in [0, 0.1) is 10.1 Å². The summed E-state index contributed by atoms with van der Waals surface area (Å²) in [5.74, 6) is 0.233. The van der Waals surface area contributed by atoms with E-state index in [-0.39, 0.29) is 28.8 Å². The quantitative estimate of drug-likeness (QED) is 0.562. The summed E-state index contributed by atoms with van der Waals surface area (Å²) in [5.41, 5.74) is 0.618. The summed E-state index contributed by atoms with van der Waals surface area (Å²) in [7, 11) is 0. The fraction of sp³-hybridized carbons (Fsp3) is 0. The molecule has 0 saturated heterocycles. The van der Waals surface area contributed by atoms with E-state index in [1.807, 2.05) is 0 Å². The second kappa shape index (κ2) is 5.57. The van der Waals surface area contributed by atoms with Gasteiger partial charge in [0, 0.05) is 10.5 Å². The predicted octanol–water partition coefficient (Wildman–Crippen LogP) is 3.78. The molecule has 110 valence electrons. The maximum absolute atomic E-state index is 11.0. The van der Waals surface area contributed by atoms with Crippen LogP contribution in [0.25, 0.3) is 22.9 Å². The Hall–Kier alpha value is -2.74. The lowest BCUT2D eigenvalue weighted by Crippen LogP contribution is -1.91. The summed E-state index contributed by atoms with van der Waals surface area (Å²) in [6.45, 7) is 0. The number of halogens is 1. The Labute approximate surface area is 132 Å². The zero-order chi connectivity index (χ0) is 15.7. The number of para-hydroxylation sites is 1. The van der Waals surface area contributed by atoms with Crippen molar-refractivity contribution in [3.63, 3.8) is 0 Å². The maximum atomic E-state index is 11.0. The molecule has 3 rings (SSSR count). The Balaban J connectivity index is 2.09. The van der Waals surface area contributed by atoms with Gasteiger partial charge >= 0.3 is 0 Å². The Morgan fingerprint density at radius 2 is 1.77 bits per heavy atom. The lowest BCUT2D eigenvalue weighted by Gasteiger charge is -2.00. The number of hydrogen-bond donors (Lipinski definition) is 1. The molecule has 0 atom stereocenters. The first-order valence-corrected chi connectivity index (χ1v) is 6.92. The third kappa shape index (κ3) is 2.56. The average Bonchev–Trinajstić information content (AvgIpc) is 2.99. The van der Waals surface area contributed by atoms with E-state index in [9.17, 15) is 15.2 Å². The molecule has 0 spiro atoms. The van der Waals surface area contributed by atoms with E-state index >= 15 is 0 Å². The van der Waals surface area contributed by atoms with Crippen LogP contribution in [0.5, 0.6) is 5.75 Å². The van der Waals surface area contributed by atoms with Crippen molar-refractivity contribution in [3.05, 3.63) is 57.1 Å². The largest absolute Gasteiger partial charge is 0.508 e. The van der Waals surface area contributed by atoms with Crippen molar-refractivity contribution in [2.24, 2.45) is 0 Å². The lowest BCUT2D eigenvalue weighted by molar-refractivity contribution is -0.384. The molecule has 0 fully saturated rings. The first-order valence-electron chi connectivity index (χ1n) is 6.12. The third-order valence-electron chi connectivity index (χ3n) is 2.94. The van der Waals surface area contributed by atoms with Gasteiger partial charge in [0.15, 0.2) is 0 Å². The van der Waals surface area contributed by atoms with E-state index in [1.54, 1.807) is 18.2 Å². The van der Waals surface area contributed by atoms with Crippen LogP contribution in [-0.4, -0.2) is 20.2 Å². The summed E-state index contributed by atoms with van der Waals surface area (Å²) in [6, 6.07) is 10.7. The van der Waals surface area contributed by atoms with Gasteiger partial charge in [-0.15, -0.1) is 10.2 Å². The maximum Gasteiger partial charge on any atom is 0.282 e. The molecule has 0 bridgehead atoms. The SMILES string of the molecule is O=[N+]([O-])c1ccccc1-c1nnc(-c2cc(O)ccc2Br)o1. The van der Waals surface area contributed by atoms with Crippen molar-refractivity contribution in [3.8, 4) is 28.7 Å². The molecule has 8 heteroatoms. The van der Waals surface area contributed by atoms with Crippen LogP contribution in [0.3, 0.4) is 0 Å². The number of rotatable bonds is 3. The van der Waals surface area contributed by atoms with Gasteiger partial charge in [-0.1, -0.05) is 12.1 Å². The summed E-state index contributed by atoms with van der Waals surface area (Å²) < 4.78 is 6.17. The zero-order valence-corrected chi connectivity index (χ0v) is 12.5. The molecule has 0 saturated carbocycles. The van der Waals surface area contributed by atoms with Crippen LogP contribution in [-0.2, 0) is 0 Å². The monoisotopic (exact) mass is 361 g/mol. The number of aromatic nitrogens is 2. The minimum Gasteiger partial charge on any atom is -0.508 e. The van der Waals surface area contributed by atoms with Gasteiger partial charge in [0.2, 0.25) is 5.89 Å². The number of phenols is 1. The molecule has 1 aromatic heterocycles. The number of benzene rings is 2. The number of nitro groups is 1. The van der Waals surface area contributed by atoms with Gasteiger partial charge in [-0.2, -0.15) is 0 Å². The number of nitrogens with zero attached hydrogens (tertiary/aromatic N) is 3. The second-order valence-electron chi connectivity index (χ2n) is 4.35. The predicted molar refractivity (Wildman–Crippen MR) is 81.2 cm³/mol.